The van der Waals surface area contributed by atoms with Crippen LogP contribution in [0.1, 0.15) is 22.0 Å². The van der Waals surface area contributed by atoms with Crippen LogP contribution in [0.25, 0.3) is 0 Å². The van der Waals surface area contributed by atoms with E-state index in [0.717, 1.165) is 5.56 Å². The van der Waals surface area contributed by atoms with Gasteiger partial charge in [0.2, 0.25) is 5.91 Å². The number of hydrogen-bond donors (Lipinski definition) is 3. The van der Waals surface area contributed by atoms with E-state index < -0.39 is 0 Å². The summed E-state index contributed by atoms with van der Waals surface area (Å²) in [5, 5.41) is 5.64. The lowest BCUT2D eigenvalue weighted by atomic mass is 10.1. The van der Waals surface area contributed by atoms with Crippen LogP contribution in [0.15, 0.2) is 60.7 Å². The second-order valence-electron chi connectivity index (χ2n) is 4.81. The Kier molecular flexibility index (Phi) is 5.68. The molecule has 114 valence electrons. The van der Waals surface area contributed by atoms with Crippen molar-refractivity contribution in [3.05, 3.63) is 71.8 Å². The predicted octanol–water partition coefficient (Wildman–Crippen LogP) is 1.23. The molecule has 0 fully saturated rings. The van der Waals surface area contributed by atoms with Gasteiger partial charge in [0.1, 0.15) is 0 Å². The Hall–Kier alpha value is -2.66. The molecule has 0 unspecified atom stereocenters. The molecule has 5 heteroatoms. The van der Waals surface area contributed by atoms with Gasteiger partial charge in [-0.3, -0.25) is 9.59 Å². The fourth-order valence-corrected chi connectivity index (χ4v) is 2.08. The summed E-state index contributed by atoms with van der Waals surface area (Å²) in [6.45, 7) is 0.208. The fourth-order valence-electron chi connectivity index (χ4n) is 2.08. The van der Waals surface area contributed by atoms with Gasteiger partial charge in [-0.15, -0.1) is 0 Å². The van der Waals surface area contributed by atoms with Gasteiger partial charge >= 0.3 is 0 Å². The van der Waals surface area contributed by atoms with Crippen LogP contribution in [0.5, 0.6) is 0 Å². The van der Waals surface area contributed by atoms with Crippen LogP contribution >= 0.6 is 0 Å². The lowest BCUT2D eigenvalue weighted by molar-refractivity contribution is -0.120. The summed E-state index contributed by atoms with van der Waals surface area (Å²) >= 11 is 0. The summed E-state index contributed by atoms with van der Waals surface area (Å²) in [6.07, 6.45) is 0. The highest BCUT2D eigenvalue weighted by molar-refractivity contribution is 5.94. The van der Waals surface area contributed by atoms with Gasteiger partial charge in [-0.1, -0.05) is 48.5 Å². The van der Waals surface area contributed by atoms with Crippen LogP contribution < -0.4 is 16.4 Å². The van der Waals surface area contributed by atoms with E-state index in [1.165, 1.54) is 0 Å². The molecule has 0 saturated heterocycles. The molecule has 4 N–H and O–H groups in total. The monoisotopic (exact) mass is 297 g/mol. The van der Waals surface area contributed by atoms with E-state index in [1.54, 1.807) is 24.3 Å². The Labute approximate surface area is 129 Å². The van der Waals surface area contributed by atoms with E-state index >= 15 is 0 Å². The van der Waals surface area contributed by atoms with E-state index in [2.05, 4.69) is 10.6 Å². The standard InChI is InChI=1S/C17H19N3O2/c18-11-16(21)20-15(13-7-3-1-4-8-13)12-19-17(22)14-9-5-2-6-10-14/h1-10,15H,11-12,18H2,(H,19,22)(H,20,21)/t15-/m1/s1. The molecule has 0 bridgehead atoms. The van der Waals surface area contributed by atoms with Gasteiger partial charge < -0.3 is 16.4 Å². The zero-order valence-electron chi connectivity index (χ0n) is 12.2. The van der Waals surface area contributed by atoms with E-state index in [-0.39, 0.29) is 24.4 Å². The summed E-state index contributed by atoms with van der Waals surface area (Å²) in [6, 6.07) is 18.1. The first-order chi connectivity index (χ1) is 10.7. The van der Waals surface area contributed by atoms with Crippen molar-refractivity contribution in [3.63, 3.8) is 0 Å². The van der Waals surface area contributed by atoms with E-state index in [1.807, 2.05) is 36.4 Å². The Morgan fingerprint density at radius 1 is 0.955 bits per heavy atom. The van der Waals surface area contributed by atoms with Crippen LogP contribution in [0, 0.1) is 0 Å². The second kappa shape index (κ2) is 7.95. The van der Waals surface area contributed by atoms with Gasteiger partial charge in [0.25, 0.3) is 5.91 Å². The normalized spacial score (nSPS) is 11.5. The average molecular weight is 297 g/mol. The number of nitrogens with two attached hydrogens (primary N) is 1. The molecule has 22 heavy (non-hydrogen) atoms. The van der Waals surface area contributed by atoms with Crippen LogP contribution in [-0.4, -0.2) is 24.9 Å². The van der Waals surface area contributed by atoms with Crippen molar-refractivity contribution >= 4 is 11.8 Å². The molecule has 0 heterocycles. The molecule has 0 aromatic heterocycles. The van der Waals surface area contributed by atoms with Gasteiger partial charge in [0, 0.05) is 12.1 Å². The number of amides is 2. The Balaban J connectivity index is 2.04. The fraction of sp³-hybridized carbons (Fsp3) is 0.176. The third-order valence-electron chi connectivity index (χ3n) is 3.23. The SMILES string of the molecule is NCC(=O)N[C@H](CNC(=O)c1ccccc1)c1ccccc1. The predicted molar refractivity (Wildman–Crippen MR) is 85.2 cm³/mol. The van der Waals surface area contributed by atoms with Crippen LogP contribution in [0.3, 0.4) is 0 Å². The topological polar surface area (TPSA) is 84.2 Å². The number of benzene rings is 2. The van der Waals surface area contributed by atoms with Crippen LogP contribution in [0.4, 0.5) is 0 Å². The Morgan fingerprint density at radius 3 is 2.14 bits per heavy atom. The first kappa shape index (κ1) is 15.7. The number of carbonyl (C=O) groups is 2. The maximum absolute atomic E-state index is 12.1. The zero-order chi connectivity index (χ0) is 15.8. The highest BCUT2D eigenvalue weighted by atomic mass is 16.2. The molecule has 2 amide bonds. The van der Waals surface area contributed by atoms with Gasteiger partial charge in [-0.05, 0) is 17.7 Å². The molecule has 2 aromatic rings. The first-order valence-electron chi connectivity index (χ1n) is 7.08. The number of nitrogens with one attached hydrogen (secondary N) is 2. The van der Waals surface area contributed by atoms with E-state index in [9.17, 15) is 9.59 Å². The molecule has 1 atom stereocenters. The van der Waals surface area contributed by atoms with Crippen molar-refractivity contribution in [2.75, 3.05) is 13.1 Å². The van der Waals surface area contributed by atoms with Gasteiger partial charge in [0.15, 0.2) is 0 Å². The van der Waals surface area contributed by atoms with E-state index in [4.69, 9.17) is 5.73 Å². The molecule has 5 nitrogen and oxygen atoms in total. The first-order valence-corrected chi connectivity index (χ1v) is 7.08. The lowest BCUT2D eigenvalue weighted by Gasteiger charge is -2.19. The maximum atomic E-state index is 12.1. The molecule has 2 aromatic carbocycles. The molecular formula is C17H19N3O2. The third-order valence-corrected chi connectivity index (χ3v) is 3.23. The summed E-state index contributed by atoms with van der Waals surface area (Å²) in [4.78, 5) is 23.6. The minimum absolute atomic E-state index is 0.0873. The molecule has 0 aliphatic carbocycles. The molecule has 0 aliphatic heterocycles. The molecule has 2 rings (SSSR count). The summed E-state index contributed by atoms with van der Waals surface area (Å²) in [5.41, 5.74) is 6.84. The maximum Gasteiger partial charge on any atom is 0.251 e. The summed E-state index contributed by atoms with van der Waals surface area (Å²) < 4.78 is 0. The summed E-state index contributed by atoms with van der Waals surface area (Å²) in [5.74, 6) is -0.439. The summed E-state index contributed by atoms with van der Waals surface area (Å²) in [7, 11) is 0. The van der Waals surface area contributed by atoms with Gasteiger partial charge in [0.05, 0.1) is 12.6 Å². The lowest BCUT2D eigenvalue weighted by Crippen LogP contribution is -2.40. The molecule has 0 aliphatic rings. The highest BCUT2D eigenvalue weighted by Crippen LogP contribution is 2.11. The minimum atomic E-state index is -0.315. The largest absolute Gasteiger partial charge is 0.350 e. The van der Waals surface area contributed by atoms with Gasteiger partial charge in [-0.2, -0.15) is 0 Å². The molecule has 0 radical (unpaired) electrons. The molecular weight excluding hydrogens is 278 g/mol. The zero-order valence-corrected chi connectivity index (χ0v) is 12.2. The molecule has 0 saturated carbocycles. The van der Waals surface area contributed by atoms with Crippen molar-refractivity contribution in [2.45, 2.75) is 6.04 Å². The van der Waals surface area contributed by atoms with Crippen molar-refractivity contribution in [3.8, 4) is 0 Å². The Morgan fingerprint density at radius 2 is 1.55 bits per heavy atom. The number of hydrogen-bond acceptors (Lipinski definition) is 3. The van der Waals surface area contributed by atoms with Gasteiger partial charge in [-0.25, -0.2) is 0 Å². The van der Waals surface area contributed by atoms with Crippen molar-refractivity contribution < 1.29 is 9.59 Å². The second-order valence-corrected chi connectivity index (χ2v) is 4.81. The van der Waals surface area contributed by atoms with Crippen molar-refractivity contribution in [2.24, 2.45) is 5.73 Å². The number of rotatable bonds is 6. The average Bonchev–Trinajstić information content (AvgIpc) is 2.59. The van der Waals surface area contributed by atoms with E-state index in [0.29, 0.717) is 12.1 Å². The van der Waals surface area contributed by atoms with Crippen LogP contribution in [-0.2, 0) is 4.79 Å². The van der Waals surface area contributed by atoms with Crippen LogP contribution in [0.2, 0.25) is 0 Å². The van der Waals surface area contributed by atoms with Crippen molar-refractivity contribution in [1.82, 2.24) is 10.6 Å². The quantitative estimate of drug-likeness (QED) is 0.750. The third kappa shape index (κ3) is 4.43. The van der Waals surface area contributed by atoms with Crippen molar-refractivity contribution in [1.29, 1.82) is 0 Å². The number of carbonyl (C=O) groups excluding carboxylic acids is 2. The molecule has 0 spiro atoms. The minimum Gasteiger partial charge on any atom is -0.350 e. The smallest absolute Gasteiger partial charge is 0.251 e. The highest BCUT2D eigenvalue weighted by Gasteiger charge is 2.15. The Bertz CT molecular complexity index is 614.